The van der Waals surface area contributed by atoms with Crippen LogP contribution in [-0.4, -0.2) is 36.0 Å². The van der Waals surface area contributed by atoms with E-state index >= 15 is 0 Å². The Kier molecular flexibility index (Phi) is 5.08. The summed E-state index contributed by atoms with van der Waals surface area (Å²) in [5.41, 5.74) is 6.35. The lowest BCUT2D eigenvalue weighted by Crippen LogP contribution is -2.47. The lowest BCUT2D eigenvalue weighted by molar-refractivity contribution is -0.126. The van der Waals surface area contributed by atoms with Crippen molar-refractivity contribution < 1.29 is 18.9 Å². The average Bonchev–Trinajstić information content (AvgIpc) is 3.04. The minimum absolute atomic E-state index is 0.0674. The Morgan fingerprint density at radius 1 is 1.26 bits per heavy atom. The first kappa shape index (κ1) is 16.2. The first-order valence-electron chi connectivity index (χ1n) is 6.84. The summed E-state index contributed by atoms with van der Waals surface area (Å²) in [6.45, 7) is 0. The predicted molar refractivity (Wildman–Crippen MR) is 81.1 cm³/mol. The summed E-state index contributed by atoms with van der Waals surface area (Å²) >= 11 is 0. The third-order valence-electron chi connectivity index (χ3n) is 3.08. The Morgan fingerprint density at radius 3 is 2.57 bits per heavy atom. The van der Waals surface area contributed by atoms with Crippen molar-refractivity contribution in [2.75, 3.05) is 7.05 Å². The number of likely N-dealkylation sites (N-methyl/N-ethyl adjacent to an activating group) is 1. The van der Waals surface area contributed by atoms with E-state index in [1.807, 2.05) is 30.3 Å². The van der Waals surface area contributed by atoms with E-state index in [1.165, 1.54) is 13.1 Å². The summed E-state index contributed by atoms with van der Waals surface area (Å²) < 4.78 is 4.99. The van der Waals surface area contributed by atoms with Crippen molar-refractivity contribution in [2.24, 2.45) is 5.73 Å². The standard InChI is InChI=1S/C15H16N4O4/c1-17-14(21)11(8-13(16)20)18-15(22)12-7-10(19-23-12)9-5-3-2-4-6-9/h2-7,11H,8H2,1H3,(H2,16,20)(H,17,21)(H,18,22)/t11-/m0/s1. The van der Waals surface area contributed by atoms with Crippen molar-refractivity contribution >= 4 is 17.7 Å². The van der Waals surface area contributed by atoms with Gasteiger partial charge in [-0.3, -0.25) is 14.4 Å². The van der Waals surface area contributed by atoms with E-state index in [4.69, 9.17) is 10.3 Å². The molecule has 0 bridgehead atoms. The molecule has 2 aromatic rings. The van der Waals surface area contributed by atoms with Gasteiger partial charge >= 0.3 is 0 Å². The highest BCUT2D eigenvalue weighted by atomic mass is 16.5. The summed E-state index contributed by atoms with van der Waals surface area (Å²) in [6, 6.07) is 9.54. The number of rotatable bonds is 6. The molecule has 0 aliphatic heterocycles. The van der Waals surface area contributed by atoms with Gasteiger partial charge in [0.25, 0.3) is 5.91 Å². The molecule has 0 spiro atoms. The number of hydrogen-bond donors (Lipinski definition) is 3. The number of primary amides is 1. The number of aromatic nitrogens is 1. The van der Waals surface area contributed by atoms with Gasteiger partial charge in [-0.25, -0.2) is 0 Å². The van der Waals surface area contributed by atoms with Gasteiger partial charge in [-0.2, -0.15) is 0 Å². The summed E-state index contributed by atoms with van der Waals surface area (Å²) in [5, 5.41) is 8.56. The van der Waals surface area contributed by atoms with Crippen LogP contribution in [0.4, 0.5) is 0 Å². The van der Waals surface area contributed by atoms with E-state index in [9.17, 15) is 14.4 Å². The van der Waals surface area contributed by atoms with Gasteiger partial charge in [0.1, 0.15) is 11.7 Å². The highest BCUT2D eigenvalue weighted by Gasteiger charge is 2.24. The van der Waals surface area contributed by atoms with Crippen molar-refractivity contribution in [3.8, 4) is 11.3 Å². The second kappa shape index (κ2) is 7.21. The molecule has 0 saturated carbocycles. The van der Waals surface area contributed by atoms with Crippen LogP contribution in [0.15, 0.2) is 40.9 Å². The topological polar surface area (TPSA) is 127 Å². The lowest BCUT2D eigenvalue weighted by Gasteiger charge is -2.14. The van der Waals surface area contributed by atoms with Gasteiger partial charge in [0.2, 0.25) is 17.6 Å². The Bertz CT molecular complexity index is 711. The van der Waals surface area contributed by atoms with Crippen LogP contribution in [0.1, 0.15) is 17.0 Å². The maximum Gasteiger partial charge on any atom is 0.290 e. The second-order valence-electron chi connectivity index (χ2n) is 4.75. The van der Waals surface area contributed by atoms with Crippen LogP contribution in [0.5, 0.6) is 0 Å². The van der Waals surface area contributed by atoms with E-state index in [0.29, 0.717) is 5.69 Å². The van der Waals surface area contributed by atoms with E-state index in [-0.39, 0.29) is 12.2 Å². The minimum Gasteiger partial charge on any atom is -0.370 e. The summed E-state index contributed by atoms with van der Waals surface area (Å²) in [5.74, 6) is -1.96. The molecule has 0 fully saturated rings. The Labute approximate surface area is 132 Å². The van der Waals surface area contributed by atoms with E-state index in [2.05, 4.69) is 15.8 Å². The molecule has 23 heavy (non-hydrogen) atoms. The van der Waals surface area contributed by atoms with Crippen molar-refractivity contribution in [1.82, 2.24) is 15.8 Å². The fourth-order valence-corrected chi connectivity index (χ4v) is 1.94. The molecule has 3 amide bonds. The number of carbonyl (C=O) groups is 3. The van der Waals surface area contributed by atoms with Crippen LogP contribution in [0, 0.1) is 0 Å². The van der Waals surface area contributed by atoms with Crippen LogP contribution < -0.4 is 16.4 Å². The molecule has 0 aliphatic carbocycles. The van der Waals surface area contributed by atoms with Gasteiger partial charge in [-0.05, 0) is 0 Å². The zero-order valence-electron chi connectivity index (χ0n) is 12.4. The second-order valence-corrected chi connectivity index (χ2v) is 4.75. The van der Waals surface area contributed by atoms with Crippen molar-refractivity contribution in [3.63, 3.8) is 0 Å². The third kappa shape index (κ3) is 4.16. The van der Waals surface area contributed by atoms with E-state index in [0.717, 1.165) is 5.56 Å². The number of benzene rings is 1. The highest BCUT2D eigenvalue weighted by molar-refractivity contribution is 5.97. The molecule has 0 unspecified atom stereocenters. The van der Waals surface area contributed by atoms with Crippen LogP contribution in [-0.2, 0) is 9.59 Å². The van der Waals surface area contributed by atoms with Crippen LogP contribution in [0.3, 0.4) is 0 Å². The van der Waals surface area contributed by atoms with Crippen LogP contribution >= 0.6 is 0 Å². The SMILES string of the molecule is CNC(=O)[C@H](CC(N)=O)NC(=O)c1cc(-c2ccccc2)no1. The van der Waals surface area contributed by atoms with Crippen molar-refractivity contribution in [1.29, 1.82) is 0 Å². The molecule has 4 N–H and O–H groups in total. The number of nitrogens with two attached hydrogens (primary N) is 1. The normalized spacial score (nSPS) is 11.5. The minimum atomic E-state index is -1.07. The van der Waals surface area contributed by atoms with Gasteiger partial charge in [-0.1, -0.05) is 35.5 Å². The lowest BCUT2D eigenvalue weighted by atomic mass is 10.1. The van der Waals surface area contributed by atoms with E-state index < -0.39 is 23.8 Å². The fourth-order valence-electron chi connectivity index (χ4n) is 1.94. The fraction of sp³-hybridized carbons (Fsp3) is 0.200. The largest absolute Gasteiger partial charge is 0.370 e. The molecule has 8 nitrogen and oxygen atoms in total. The van der Waals surface area contributed by atoms with Gasteiger partial charge in [0.05, 0.1) is 6.42 Å². The van der Waals surface area contributed by atoms with Gasteiger partial charge < -0.3 is 20.9 Å². The molecule has 0 radical (unpaired) electrons. The van der Waals surface area contributed by atoms with Gasteiger partial charge in [0.15, 0.2) is 0 Å². The number of amides is 3. The molecule has 1 heterocycles. The zero-order valence-corrected chi connectivity index (χ0v) is 12.4. The maximum atomic E-state index is 12.1. The maximum absolute atomic E-state index is 12.1. The molecule has 2 rings (SSSR count). The summed E-state index contributed by atoms with van der Waals surface area (Å²) in [7, 11) is 1.39. The monoisotopic (exact) mass is 316 g/mol. The quantitative estimate of drug-likeness (QED) is 0.694. The molecule has 1 aromatic heterocycles. The Balaban J connectivity index is 2.12. The Hall–Kier alpha value is -3.16. The molecule has 1 atom stereocenters. The zero-order chi connectivity index (χ0) is 16.8. The molecule has 0 aliphatic rings. The predicted octanol–water partition coefficient (Wildman–Crippen LogP) is 0.0614. The van der Waals surface area contributed by atoms with Crippen LogP contribution in [0.2, 0.25) is 0 Å². The van der Waals surface area contributed by atoms with Crippen LogP contribution in [0.25, 0.3) is 11.3 Å². The first-order chi connectivity index (χ1) is 11.0. The molecular weight excluding hydrogens is 300 g/mol. The summed E-state index contributed by atoms with van der Waals surface area (Å²) in [4.78, 5) is 34.8. The molecule has 8 heteroatoms. The Morgan fingerprint density at radius 2 is 1.96 bits per heavy atom. The third-order valence-corrected chi connectivity index (χ3v) is 3.08. The van der Waals surface area contributed by atoms with Crippen molar-refractivity contribution in [3.05, 3.63) is 42.2 Å². The smallest absolute Gasteiger partial charge is 0.290 e. The average molecular weight is 316 g/mol. The highest BCUT2D eigenvalue weighted by Crippen LogP contribution is 2.18. The first-order valence-corrected chi connectivity index (χ1v) is 6.84. The number of nitrogens with zero attached hydrogens (tertiary/aromatic N) is 1. The summed E-state index contributed by atoms with van der Waals surface area (Å²) in [6.07, 6.45) is -0.314. The van der Waals surface area contributed by atoms with Gasteiger partial charge in [0, 0.05) is 18.7 Å². The molecule has 1 aromatic carbocycles. The van der Waals surface area contributed by atoms with E-state index in [1.54, 1.807) is 0 Å². The molecule has 0 saturated heterocycles. The number of carbonyl (C=O) groups excluding carboxylic acids is 3. The van der Waals surface area contributed by atoms with Gasteiger partial charge in [-0.15, -0.1) is 0 Å². The molecular formula is C15H16N4O4. The number of nitrogens with one attached hydrogen (secondary N) is 2. The number of hydrogen-bond acceptors (Lipinski definition) is 5. The van der Waals surface area contributed by atoms with Crippen molar-refractivity contribution in [2.45, 2.75) is 12.5 Å². The molecule has 120 valence electrons.